The Hall–Kier alpha value is -4.34. The molecule has 0 saturated carbocycles. The van der Waals surface area contributed by atoms with E-state index in [4.69, 9.17) is 9.72 Å². The van der Waals surface area contributed by atoms with E-state index in [0.717, 1.165) is 62.6 Å². The van der Waals surface area contributed by atoms with E-state index >= 15 is 4.39 Å². The van der Waals surface area contributed by atoms with Crippen molar-refractivity contribution in [2.75, 3.05) is 31.1 Å². The molecule has 3 atom stereocenters. The molecule has 0 radical (unpaired) electrons. The van der Waals surface area contributed by atoms with Crippen LogP contribution < -0.4 is 15.0 Å². The fourth-order valence-electron chi connectivity index (χ4n) is 7.26. The van der Waals surface area contributed by atoms with Gasteiger partial charge in [0.2, 0.25) is 0 Å². The summed E-state index contributed by atoms with van der Waals surface area (Å²) in [5, 5.41) is 16.3. The van der Waals surface area contributed by atoms with E-state index < -0.39 is 5.82 Å². The maximum absolute atomic E-state index is 16.6. The molecule has 5 heterocycles. The van der Waals surface area contributed by atoms with Gasteiger partial charge in [-0.1, -0.05) is 54.6 Å². The highest BCUT2D eigenvalue weighted by atomic mass is 19.1. The van der Waals surface area contributed by atoms with Crippen molar-refractivity contribution in [2.24, 2.45) is 0 Å². The van der Waals surface area contributed by atoms with E-state index in [-0.39, 0.29) is 29.0 Å². The maximum Gasteiger partial charge on any atom is 0.319 e. The number of phenols is 1. The van der Waals surface area contributed by atoms with Crippen molar-refractivity contribution in [1.82, 2.24) is 25.2 Å². The third-order valence-corrected chi connectivity index (χ3v) is 9.39. The van der Waals surface area contributed by atoms with Crippen molar-refractivity contribution in [3.05, 3.63) is 84.3 Å². The van der Waals surface area contributed by atoms with Gasteiger partial charge in [-0.3, -0.25) is 9.88 Å². The van der Waals surface area contributed by atoms with Crippen LogP contribution in [0.1, 0.15) is 31.2 Å². The first-order chi connectivity index (χ1) is 21.6. The highest BCUT2D eigenvalue weighted by Gasteiger charge is 2.34. The van der Waals surface area contributed by atoms with Crippen LogP contribution in [0.4, 0.5) is 10.2 Å². The van der Waals surface area contributed by atoms with Crippen molar-refractivity contribution in [3.8, 4) is 23.0 Å². The van der Waals surface area contributed by atoms with Crippen molar-refractivity contribution >= 4 is 27.5 Å². The number of aromatic hydroxyl groups is 1. The zero-order valence-corrected chi connectivity index (χ0v) is 24.5. The molecule has 8 nitrogen and oxygen atoms in total. The van der Waals surface area contributed by atoms with Gasteiger partial charge >= 0.3 is 6.01 Å². The third kappa shape index (κ3) is 5.10. The SMILES string of the molecule is Oc1cc(-c2ncc3c(N4C[C@H]5CC[C@@H](C4)N5)nc(OCC4CCCN4Cc4ccccc4)nc3c2F)c2ccccc2c1. The molecule has 0 spiro atoms. The summed E-state index contributed by atoms with van der Waals surface area (Å²) in [6.07, 6.45) is 6.05. The molecule has 2 bridgehead atoms. The minimum Gasteiger partial charge on any atom is -0.508 e. The minimum absolute atomic E-state index is 0.0558. The number of hydrogen-bond acceptors (Lipinski definition) is 8. The highest BCUT2D eigenvalue weighted by molar-refractivity contribution is 5.99. The van der Waals surface area contributed by atoms with Gasteiger partial charge in [-0.25, -0.2) is 4.39 Å². The number of hydrogen-bond donors (Lipinski definition) is 2. The van der Waals surface area contributed by atoms with Crippen molar-refractivity contribution in [3.63, 3.8) is 0 Å². The first-order valence-electron chi connectivity index (χ1n) is 15.6. The van der Waals surface area contributed by atoms with E-state index in [2.05, 4.69) is 49.4 Å². The molecule has 5 aromatic rings. The molecule has 3 aliphatic rings. The summed E-state index contributed by atoms with van der Waals surface area (Å²) in [6.45, 7) is 3.88. The molecule has 3 aromatic carbocycles. The molecule has 224 valence electrons. The summed E-state index contributed by atoms with van der Waals surface area (Å²) in [5.41, 5.74) is 2.12. The predicted octanol–water partition coefficient (Wildman–Crippen LogP) is 5.67. The molecule has 9 heteroatoms. The van der Waals surface area contributed by atoms with Crippen LogP contribution in [0.5, 0.6) is 11.8 Å². The third-order valence-electron chi connectivity index (χ3n) is 9.39. The number of benzene rings is 3. The number of rotatable bonds is 7. The lowest BCUT2D eigenvalue weighted by molar-refractivity contribution is 0.160. The second kappa shape index (κ2) is 11.3. The molecular weight excluding hydrogens is 555 g/mol. The quantitative estimate of drug-likeness (QED) is 0.251. The number of halogens is 1. The molecule has 2 N–H and O–H groups in total. The number of nitrogens with one attached hydrogen (secondary N) is 1. The van der Waals surface area contributed by atoms with Gasteiger partial charge in [0.15, 0.2) is 5.82 Å². The van der Waals surface area contributed by atoms with E-state index in [1.165, 1.54) is 5.56 Å². The Balaban J connectivity index is 1.17. The lowest BCUT2D eigenvalue weighted by Gasteiger charge is -2.34. The number of nitrogens with zero attached hydrogens (tertiary/aromatic N) is 5. The zero-order valence-electron chi connectivity index (χ0n) is 24.5. The monoisotopic (exact) mass is 590 g/mol. The number of aromatic nitrogens is 3. The summed E-state index contributed by atoms with van der Waals surface area (Å²) in [5.74, 6) is 0.173. The van der Waals surface area contributed by atoms with Crippen molar-refractivity contribution in [2.45, 2.75) is 50.4 Å². The second-order valence-corrected chi connectivity index (χ2v) is 12.3. The number of piperazine rings is 1. The number of pyridine rings is 1. The zero-order chi connectivity index (χ0) is 29.6. The summed E-state index contributed by atoms with van der Waals surface area (Å²) >= 11 is 0. The van der Waals surface area contributed by atoms with Crippen LogP contribution in [-0.4, -0.2) is 69.3 Å². The molecule has 1 unspecified atom stereocenters. The predicted molar refractivity (Wildman–Crippen MR) is 169 cm³/mol. The minimum atomic E-state index is -0.545. The fourth-order valence-corrected chi connectivity index (χ4v) is 7.26. The molecule has 3 saturated heterocycles. The van der Waals surface area contributed by atoms with Gasteiger partial charge in [0.1, 0.15) is 29.4 Å². The number of fused-ring (bicyclic) bond motifs is 4. The van der Waals surface area contributed by atoms with E-state index in [9.17, 15) is 5.11 Å². The number of likely N-dealkylation sites (tertiary alicyclic amines) is 1. The smallest absolute Gasteiger partial charge is 0.319 e. The van der Waals surface area contributed by atoms with Gasteiger partial charge in [0, 0.05) is 49.5 Å². The number of anilines is 1. The molecule has 44 heavy (non-hydrogen) atoms. The fraction of sp³-hybridized carbons (Fsp3) is 0.343. The second-order valence-electron chi connectivity index (χ2n) is 12.3. The largest absolute Gasteiger partial charge is 0.508 e. The standard InChI is InChI=1S/C35H35FN6O2/c36-31-32(29-16-27(43)15-23-9-4-5-11-28(23)29)37-17-30-33(31)39-35(40-34(30)42-19-24-12-13-25(20-42)38-24)44-21-26-10-6-14-41(26)18-22-7-2-1-3-8-22/h1-5,7-9,11,15-17,24-26,38,43H,6,10,12-14,18-21H2/t24-,25+,26?. The summed E-state index contributed by atoms with van der Waals surface area (Å²) < 4.78 is 22.9. The number of phenolic OH excluding ortho intramolecular Hbond substituents is 1. The Morgan fingerprint density at radius 1 is 0.932 bits per heavy atom. The van der Waals surface area contributed by atoms with Crippen LogP contribution in [0.3, 0.4) is 0 Å². The lowest BCUT2D eigenvalue weighted by Crippen LogP contribution is -2.51. The van der Waals surface area contributed by atoms with E-state index in [1.807, 2.05) is 30.3 Å². The average Bonchev–Trinajstić information content (AvgIpc) is 3.64. The molecule has 8 rings (SSSR count). The molecule has 0 aliphatic carbocycles. The Kier molecular flexibility index (Phi) is 6.99. The Labute approximate surface area is 255 Å². The van der Waals surface area contributed by atoms with Crippen LogP contribution in [0.2, 0.25) is 0 Å². The van der Waals surface area contributed by atoms with E-state index in [1.54, 1.807) is 18.3 Å². The summed E-state index contributed by atoms with van der Waals surface area (Å²) in [7, 11) is 0. The van der Waals surface area contributed by atoms with Crippen molar-refractivity contribution in [1.29, 1.82) is 0 Å². The highest BCUT2D eigenvalue weighted by Crippen LogP contribution is 2.37. The number of ether oxygens (including phenoxy) is 1. The van der Waals surface area contributed by atoms with Gasteiger partial charge in [0.05, 0.1) is 5.39 Å². The molecule has 2 aromatic heterocycles. The molecular formula is C35H35FN6O2. The van der Waals surface area contributed by atoms with Crippen LogP contribution in [0.25, 0.3) is 32.9 Å². The Bertz CT molecular complexity index is 1820. The topological polar surface area (TPSA) is 86.6 Å². The van der Waals surface area contributed by atoms with Gasteiger partial charge in [-0.15, -0.1) is 0 Å². The van der Waals surface area contributed by atoms with E-state index in [0.29, 0.717) is 35.5 Å². The summed E-state index contributed by atoms with van der Waals surface area (Å²) in [4.78, 5) is 18.9. The lowest BCUT2D eigenvalue weighted by atomic mass is 10.0. The normalized spacial score (nSPS) is 21.8. The van der Waals surface area contributed by atoms with Crippen molar-refractivity contribution < 1.29 is 14.2 Å². The van der Waals surface area contributed by atoms with Gasteiger partial charge in [-0.2, -0.15) is 9.97 Å². The first kappa shape index (κ1) is 27.2. The van der Waals surface area contributed by atoms with Crippen LogP contribution in [-0.2, 0) is 6.54 Å². The van der Waals surface area contributed by atoms with Gasteiger partial charge in [-0.05, 0) is 60.7 Å². The van der Waals surface area contributed by atoms with Gasteiger partial charge < -0.3 is 20.1 Å². The molecule has 3 aliphatic heterocycles. The summed E-state index contributed by atoms with van der Waals surface area (Å²) in [6, 6.07) is 22.5. The average molecular weight is 591 g/mol. The molecule has 3 fully saturated rings. The Morgan fingerprint density at radius 2 is 1.73 bits per heavy atom. The van der Waals surface area contributed by atoms with Crippen LogP contribution >= 0.6 is 0 Å². The maximum atomic E-state index is 16.6. The van der Waals surface area contributed by atoms with Crippen LogP contribution in [0, 0.1) is 5.82 Å². The Morgan fingerprint density at radius 3 is 2.57 bits per heavy atom. The van der Waals surface area contributed by atoms with Gasteiger partial charge in [0.25, 0.3) is 0 Å². The first-order valence-corrected chi connectivity index (χ1v) is 15.6. The molecule has 0 amide bonds. The van der Waals surface area contributed by atoms with Crippen LogP contribution in [0.15, 0.2) is 72.9 Å².